The van der Waals surface area contributed by atoms with Crippen LogP contribution < -0.4 is 17.0 Å². The van der Waals surface area contributed by atoms with Gasteiger partial charge in [0.05, 0.1) is 0 Å². The zero-order chi connectivity index (χ0) is 3.54. The minimum Gasteiger partial charge on any atom is -1.00 e. The van der Waals surface area contributed by atoms with Gasteiger partial charge in [0.15, 0.2) is 0 Å². The Bertz CT molecular complexity index is 23.3. The third kappa shape index (κ3) is 5.07. The maximum Gasteiger partial charge on any atom is 2.00 e. The zero-order valence-corrected chi connectivity index (χ0v) is 7.19. The van der Waals surface area contributed by atoms with E-state index in [9.17, 15) is 0 Å². The van der Waals surface area contributed by atoms with E-state index in [1.54, 1.807) is 0 Å². The van der Waals surface area contributed by atoms with Gasteiger partial charge in [0.1, 0.15) is 0 Å². The first-order chi connectivity index (χ1) is 2.50. The topological polar surface area (TPSA) is 9.23 Å². The van der Waals surface area contributed by atoms with Gasteiger partial charge in [-0.15, -0.1) is 0 Å². The van der Waals surface area contributed by atoms with Crippen molar-refractivity contribution in [3.05, 3.63) is 6.42 Å². The predicted molar refractivity (Wildman–Crippen MR) is 25.5 cm³/mol. The molecule has 7 heavy (non-hydrogen) atoms. The van der Waals surface area contributed by atoms with Crippen LogP contribution in [0.15, 0.2) is 0 Å². The Hall–Kier alpha value is 1.21. The third-order valence-corrected chi connectivity index (χ3v) is 0.702. The van der Waals surface area contributed by atoms with Crippen LogP contribution >= 0.6 is 0 Å². The summed E-state index contributed by atoms with van der Waals surface area (Å²) >= 11 is 0. The van der Waals surface area contributed by atoms with Gasteiger partial charge in [-0.05, 0) is 0 Å². The van der Waals surface area contributed by atoms with Gasteiger partial charge in [-0.2, -0.15) is 6.42 Å². The van der Waals surface area contributed by atoms with E-state index < -0.39 is 0 Å². The van der Waals surface area contributed by atoms with Gasteiger partial charge in [-0.1, -0.05) is 6.61 Å². The fourth-order valence-corrected chi connectivity index (χ4v) is 0.417. The molecule has 1 nitrogen and oxygen atoms in total. The molecule has 0 amide bonds. The van der Waals surface area contributed by atoms with Crippen LogP contribution in [0.2, 0.25) is 0 Å². The molecule has 0 aromatic rings. The Labute approximate surface area is 70.7 Å². The zero-order valence-electron chi connectivity index (χ0n) is 4.19. The van der Waals surface area contributed by atoms with Gasteiger partial charge in [-0.25, -0.2) is 0 Å². The standard InChI is InChI=1S/C4H7O.BrH.Mg/c1-2-4-5-3-1;;/h1H,2-4H2;1H;/q-1;;+2/p-1. The van der Waals surface area contributed by atoms with E-state index >= 15 is 0 Å². The fourth-order valence-electron chi connectivity index (χ4n) is 0.417. The smallest absolute Gasteiger partial charge is 1.00 e. The molecule has 0 aromatic carbocycles. The normalized spacial score (nSPS) is 17.1. The van der Waals surface area contributed by atoms with Gasteiger partial charge >= 0.3 is 23.1 Å². The molecule has 0 unspecified atom stereocenters. The van der Waals surface area contributed by atoms with Crippen molar-refractivity contribution in [1.82, 2.24) is 0 Å². The van der Waals surface area contributed by atoms with E-state index in [0.29, 0.717) is 0 Å². The van der Waals surface area contributed by atoms with E-state index in [0.717, 1.165) is 19.6 Å². The van der Waals surface area contributed by atoms with E-state index in [4.69, 9.17) is 4.74 Å². The molecule has 0 radical (unpaired) electrons. The summed E-state index contributed by atoms with van der Waals surface area (Å²) in [6, 6.07) is 0. The molecule has 0 spiro atoms. The molecule has 1 rings (SSSR count). The second-order valence-corrected chi connectivity index (χ2v) is 1.15. The van der Waals surface area contributed by atoms with Crippen molar-refractivity contribution in [3.63, 3.8) is 0 Å². The molecule has 0 saturated carbocycles. The monoisotopic (exact) mass is 174 g/mol. The minimum atomic E-state index is 0. The molecule has 3 heteroatoms. The molecule has 38 valence electrons. The molecule has 0 N–H and O–H groups in total. The van der Waals surface area contributed by atoms with Crippen molar-refractivity contribution in [2.45, 2.75) is 6.42 Å². The first-order valence-electron chi connectivity index (χ1n) is 1.89. The van der Waals surface area contributed by atoms with Crippen LogP contribution in [0.3, 0.4) is 0 Å². The number of rotatable bonds is 0. The molecule has 1 aliphatic rings. The van der Waals surface area contributed by atoms with Crippen LogP contribution in [0.4, 0.5) is 0 Å². The molecule has 1 fully saturated rings. The minimum absolute atomic E-state index is 0. The summed E-state index contributed by atoms with van der Waals surface area (Å²) in [5.74, 6) is 0. The van der Waals surface area contributed by atoms with Crippen LogP contribution in [0.25, 0.3) is 0 Å². The predicted octanol–water partition coefficient (Wildman–Crippen LogP) is -2.77. The van der Waals surface area contributed by atoms with Gasteiger partial charge in [0.25, 0.3) is 0 Å². The summed E-state index contributed by atoms with van der Waals surface area (Å²) < 4.78 is 4.89. The maximum absolute atomic E-state index is 4.89. The molecule has 0 aromatic heterocycles. The molecule has 0 aliphatic carbocycles. The van der Waals surface area contributed by atoms with Crippen molar-refractivity contribution >= 4 is 23.1 Å². The Morgan fingerprint density at radius 1 is 1.43 bits per heavy atom. The van der Waals surface area contributed by atoms with Crippen LogP contribution in [-0.2, 0) is 4.74 Å². The number of hydrogen-bond acceptors (Lipinski definition) is 1. The Morgan fingerprint density at radius 2 is 2.14 bits per heavy atom. The van der Waals surface area contributed by atoms with Crippen molar-refractivity contribution in [2.24, 2.45) is 0 Å². The molecule has 0 bridgehead atoms. The molecule has 1 saturated heterocycles. The van der Waals surface area contributed by atoms with Gasteiger partial charge in [-0.3, -0.25) is 0 Å². The van der Waals surface area contributed by atoms with E-state index in [-0.39, 0.29) is 40.0 Å². The Morgan fingerprint density at radius 3 is 2.29 bits per heavy atom. The second kappa shape index (κ2) is 7.21. The van der Waals surface area contributed by atoms with Crippen molar-refractivity contribution < 1.29 is 21.7 Å². The summed E-state index contributed by atoms with van der Waals surface area (Å²) in [4.78, 5) is 0. The number of hydrogen-bond donors (Lipinski definition) is 0. The van der Waals surface area contributed by atoms with Gasteiger partial charge < -0.3 is 28.1 Å². The van der Waals surface area contributed by atoms with Crippen LogP contribution in [-0.4, -0.2) is 36.3 Å². The van der Waals surface area contributed by atoms with Crippen molar-refractivity contribution in [3.8, 4) is 0 Å². The summed E-state index contributed by atoms with van der Waals surface area (Å²) in [6.07, 6.45) is 3.29. The summed E-state index contributed by atoms with van der Waals surface area (Å²) in [5, 5.41) is 0. The largest absolute Gasteiger partial charge is 2.00 e. The summed E-state index contributed by atoms with van der Waals surface area (Å²) in [7, 11) is 0. The first-order valence-corrected chi connectivity index (χ1v) is 1.89. The number of ether oxygens (including phenoxy) is 1. The molecule has 0 atom stereocenters. The van der Waals surface area contributed by atoms with E-state index in [1.807, 2.05) is 0 Å². The van der Waals surface area contributed by atoms with Crippen LogP contribution in [0, 0.1) is 6.42 Å². The van der Waals surface area contributed by atoms with Crippen molar-refractivity contribution in [1.29, 1.82) is 0 Å². The van der Waals surface area contributed by atoms with Gasteiger partial charge in [0, 0.05) is 6.61 Å². The fraction of sp³-hybridized carbons (Fsp3) is 0.750. The molecular formula is C4H7BrMgO. The molecule has 1 heterocycles. The van der Waals surface area contributed by atoms with Crippen molar-refractivity contribution in [2.75, 3.05) is 13.2 Å². The number of halogens is 1. The van der Waals surface area contributed by atoms with E-state index in [2.05, 4.69) is 6.42 Å². The van der Waals surface area contributed by atoms with Gasteiger partial charge in [0.2, 0.25) is 0 Å². The summed E-state index contributed by atoms with van der Waals surface area (Å²) in [6.45, 7) is 1.82. The Kier molecular flexibility index (Phi) is 11.4. The first kappa shape index (κ1) is 11.1. The average Bonchev–Trinajstić information content (AvgIpc) is 1.76. The molecule has 1 aliphatic heterocycles. The quantitative estimate of drug-likeness (QED) is 0.286. The van der Waals surface area contributed by atoms with Crippen LogP contribution in [0.1, 0.15) is 6.42 Å². The third-order valence-electron chi connectivity index (χ3n) is 0.702. The van der Waals surface area contributed by atoms with Crippen LogP contribution in [0.5, 0.6) is 0 Å². The maximum atomic E-state index is 4.89. The summed E-state index contributed by atoms with van der Waals surface area (Å²) in [5.41, 5.74) is 0. The average molecular weight is 175 g/mol. The SMILES string of the molecule is [Br-].[CH-]1CCOC1.[Mg+2]. The Balaban J connectivity index is 0. The molecular weight excluding hydrogens is 168 g/mol. The second-order valence-electron chi connectivity index (χ2n) is 1.15. The van der Waals surface area contributed by atoms with E-state index in [1.165, 1.54) is 0 Å².